The van der Waals surface area contributed by atoms with Crippen molar-refractivity contribution in [3.05, 3.63) is 29.7 Å². The number of para-hydroxylation sites is 1. The summed E-state index contributed by atoms with van der Waals surface area (Å²) in [6.07, 6.45) is 0. The fraction of sp³-hybridized carbons (Fsp3) is 0.200. The molecule has 0 fully saturated rings. The van der Waals surface area contributed by atoms with Crippen molar-refractivity contribution in [1.82, 2.24) is 4.98 Å². The molecule has 1 aromatic heterocycles. The molecule has 14 heavy (non-hydrogen) atoms. The van der Waals surface area contributed by atoms with E-state index in [1.807, 2.05) is 12.1 Å². The number of oxazole rings is 1. The molecule has 0 bridgehead atoms. The van der Waals surface area contributed by atoms with Crippen LogP contribution in [0.3, 0.4) is 0 Å². The zero-order chi connectivity index (χ0) is 10.1. The number of carbonyl (C=O) groups is 1. The van der Waals surface area contributed by atoms with Gasteiger partial charge in [0.1, 0.15) is 5.52 Å². The minimum absolute atomic E-state index is 0.140. The van der Waals surface area contributed by atoms with Gasteiger partial charge in [0, 0.05) is 13.5 Å². The molecule has 72 valence electrons. The number of hydrogen-bond donors (Lipinski definition) is 1. The van der Waals surface area contributed by atoms with E-state index in [4.69, 9.17) is 10.2 Å². The van der Waals surface area contributed by atoms with E-state index in [9.17, 15) is 4.79 Å². The molecular formula is C10H10N2O2. The topological polar surface area (TPSA) is 69.1 Å². The lowest BCUT2D eigenvalue weighted by Gasteiger charge is -1.94. The predicted octanol–water partition coefficient (Wildman–Crippen LogP) is 1.49. The Hall–Kier alpha value is -1.68. The number of benzene rings is 1. The van der Waals surface area contributed by atoms with E-state index in [1.165, 1.54) is 6.92 Å². The van der Waals surface area contributed by atoms with Crippen molar-refractivity contribution in [3.8, 4) is 0 Å². The highest BCUT2D eigenvalue weighted by atomic mass is 16.4. The summed E-state index contributed by atoms with van der Waals surface area (Å²) in [5.41, 5.74) is 7.71. The lowest BCUT2D eigenvalue weighted by molar-refractivity contribution is 0.0983. The van der Waals surface area contributed by atoms with E-state index < -0.39 is 0 Å². The molecule has 2 aromatic rings. The molecule has 0 spiro atoms. The first kappa shape index (κ1) is 8.90. The molecule has 0 saturated carbocycles. The van der Waals surface area contributed by atoms with Crippen LogP contribution in [0.2, 0.25) is 0 Å². The van der Waals surface area contributed by atoms with Crippen molar-refractivity contribution in [3.63, 3.8) is 0 Å². The zero-order valence-electron chi connectivity index (χ0n) is 7.78. The molecule has 0 amide bonds. The summed E-state index contributed by atoms with van der Waals surface area (Å²) >= 11 is 0. The lowest BCUT2D eigenvalue weighted by atomic mass is 10.2. The minimum atomic E-state index is -0.177. The Labute approximate surface area is 80.7 Å². The fourth-order valence-corrected chi connectivity index (χ4v) is 1.32. The van der Waals surface area contributed by atoms with Crippen molar-refractivity contribution in [2.24, 2.45) is 5.73 Å². The van der Waals surface area contributed by atoms with Crippen LogP contribution in [0.1, 0.15) is 23.2 Å². The maximum Gasteiger partial charge on any atom is 0.263 e. The standard InChI is InChI=1S/C10H10N2O2/c1-6(13)10-12-9-7(5-11)3-2-4-8(9)14-10/h2-4H,5,11H2,1H3. The molecule has 1 aromatic carbocycles. The highest BCUT2D eigenvalue weighted by molar-refractivity contribution is 5.92. The van der Waals surface area contributed by atoms with E-state index in [2.05, 4.69) is 4.98 Å². The summed E-state index contributed by atoms with van der Waals surface area (Å²) in [4.78, 5) is 15.1. The largest absolute Gasteiger partial charge is 0.434 e. The normalized spacial score (nSPS) is 10.7. The Morgan fingerprint density at radius 3 is 3.00 bits per heavy atom. The van der Waals surface area contributed by atoms with Crippen LogP contribution < -0.4 is 5.73 Å². The first-order valence-corrected chi connectivity index (χ1v) is 4.32. The van der Waals surface area contributed by atoms with Crippen molar-refractivity contribution >= 4 is 16.9 Å². The molecule has 4 nitrogen and oxygen atoms in total. The van der Waals surface area contributed by atoms with Gasteiger partial charge in [-0.25, -0.2) is 4.98 Å². The third-order valence-corrected chi connectivity index (χ3v) is 2.02. The highest BCUT2D eigenvalue weighted by Crippen LogP contribution is 2.19. The molecule has 0 saturated heterocycles. The minimum Gasteiger partial charge on any atom is -0.434 e. The number of aromatic nitrogens is 1. The van der Waals surface area contributed by atoms with Gasteiger partial charge in [0.2, 0.25) is 5.78 Å². The number of rotatable bonds is 2. The van der Waals surface area contributed by atoms with Crippen LogP contribution in [0, 0.1) is 0 Å². The molecule has 0 atom stereocenters. The average molecular weight is 190 g/mol. The first-order valence-electron chi connectivity index (χ1n) is 4.32. The second kappa shape index (κ2) is 3.23. The van der Waals surface area contributed by atoms with E-state index in [1.54, 1.807) is 6.07 Å². The molecule has 0 radical (unpaired) electrons. The molecule has 0 unspecified atom stereocenters. The van der Waals surface area contributed by atoms with E-state index in [-0.39, 0.29) is 11.7 Å². The van der Waals surface area contributed by atoms with E-state index in [0.29, 0.717) is 17.6 Å². The number of nitrogens with zero attached hydrogens (tertiary/aromatic N) is 1. The van der Waals surface area contributed by atoms with Gasteiger partial charge < -0.3 is 10.2 Å². The third-order valence-electron chi connectivity index (χ3n) is 2.02. The lowest BCUT2D eigenvalue weighted by Crippen LogP contribution is -1.97. The molecule has 0 aliphatic heterocycles. The number of Topliss-reactive ketones (excluding diaryl/α,β-unsaturated/α-hetero) is 1. The highest BCUT2D eigenvalue weighted by Gasteiger charge is 2.11. The van der Waals surface area contributed by atoms with E-state index in [0.717, 1.165) is 5.56 Å². The molecular weight excluding hydrogens is 180 g/mol. The fourth-order valence-electron chi connectivity index (χ4n) is 1.32. The Morgan fingerprint density at radius 1 is 1.57 bits per heavy atom. The smallest absolute Gasteiger partial charge is 0.263 e. The van der Waals surface area contributed by atoms with Crippen LogP contribution in [0.15, 0.2) is 22.6 Å². The van der Waals surface area contributed by atoms with Crippen LogP contribution in [0.25, 0.3) is 11.1 Å². The number of fused-ring (bicyclic) bond motifs is 1. The quantitative estimate of drug-likeness (QED) is 0.728. The Kier molecular flexibility index (Phi) is 2.05. The van der Waals surface area contributed by atoms with Gasteiger partial charge in [-0.05, 0) is 11.6 Å². The van der Waals surface area contributed by atoms with Crippen molar-refractivity contribution < 1.29 is 9.21 Å². The second-order valence-corrected chi connectivity index (χ2v) is 3.04. The molecule has 2 N–H and O–H groups in total. The van der Waals surface area contributed by atoms with Gasteiger partial charge in [-0.1, -0.05) is 12.1 Å². The van der Waals surface area contributed by atoms with Gasteiger partial charge in [-0.2, -0.15) is 0 Å². The average Bonchev–Trinajstić information content (AvgIpc) is 2.60. The van der Waals surface area contributed by atoms with Crippen LogP contribution in [-0.2, 0) is 6.54 Å². The number of ketones is 1. The first-order chi connectivity index (χ1) is 6.72. The van der Waals surface area contributed by atoms with Gasteiger partial charge in [0.25, 0.3) is 5.89 Å². The number of carbonyl (C=O) groups excluding carboxylic acids is 1. The van der Waals surface area contributed by atoms with Crippen LogP contribution in [0.4, 0.5) is 0 Å². The molecule has 2 rings (SSSR count). The Morgan fingerprint density at radius 2 is 2.36 bits per heavy atom. The second-order valence-electron chi connectivity index (χ2n) is 3.04. The van der Waals surface area contributed by atoms with E-state index >= 15 is 0 Å². The Bertz CT molecular complexity index is 488. The van der Waals surface area contributed by atoms with Gasteiger partial charge in [0.15, 0.2) is 5.58 Å². The predicted molar refractivity (Wildman–Crippen MR) is 51.9 cm³/mol. The van der Waals surface area contributed by atoms with Crippen LogP contribution in [0.5, 0.6) is 0 Å². The van der Waals surface area contributed by atoms with Crippen molar-refractivity contribution in [2.75, 3.05) is 0 Å². The SMILES string of the molecule is CC(=O)c1nc2c(CN)cccc2o1. The summed E-state index contributed by atoms with van der Waals surface area (Å²) < 4.78 is 5.26. The monoisotopic (exact) mass is 190 g/mol. The van der Waals surface area contributed by atoms with Gasteiger partial charge in [-0.15, -0.1) is 0 Å². The van der Waals surface area contributed by atoms with Gasteiger partial charge in [-0.3, -0.25) is 4.79 Å². The molecule has 4 heteroatoms. The molecule has 1 heterocycles. The number of nitrogens with two attached hydrogens (primary N) is 1. The third kappa shape index (κ3) is 1.29. The summed E-state index contributed by atoms with van der Waals surface area (Å²) in [7, 11) is 0. The summed E-state index contributed by atoms with van der Waals surface area (Å²) in [6, 6.07) is 5.47. The zero-order valence-corrected chi connectivity index (χ0v) is 7.78. The molecule has 0 aliphatic carbocycles. The van der Waals surface area contributed by atoms with Crippen molar-refractivity contribution in [2.45, 2.75) is 13.5 Å². The van der Waals surface area contributed by atoms with Crippen LogP contribution in [-0.4, -0.2) is 10.8 Å². The molecule has 0 aliphatic rings. The van der Waals surface area contributed by atoms with Gasteiger partial charge in [0.05, 0.1) is 0 Å². The van der Waals surface area contributed by atoms with Gasteiger partial charge >= 0.3 is 0 Å². The van der Waals surface area contributed by atoms with Crippen LogP contribution >= 0.6 is 0 Å². The number of hydrogen-bond acceptors (Lipinski definition) is 4. The maximum atomic E-state index is 11.0. The maximum absolute atomic E-state index is 11.0. The summed E-state index contributed by atoms with van der Waals surface area (Å²) in [5, 5.41) is 0. The summed E-state index contributed by atoms with van der Waals surface area (Å²) in [6.45, 7) is 1.81. The summed E-state index contributed by atoms with van der Waals surface area (Å²) in [5.74, 6) is -0.0370. The van der Waals surface area contributed by atoms with Crippen molar-refractivity contribution in [1.29, 1.82) is 0 Å². The Balaban J connectivity index is 2.70.